The van der Waals surface area contributed by atoms with Gasteiger partial charge in [-0.3, -0.25) is 4.79 Å². The molecule has 1 aliphatic rings. The Morgan fingerprint density at radius 3 is 2.59 bits per heavy atom. The standard InChI is InChI=1S/C22H26ClNO5/c1-13(2)29-18-7-6-15(11-19(18)26-4)14(3)24-22(25)16-10-17(23)21-20(12-16)27-8-5-9-28-21/h6-7,10-14H,5,8-9H2,1-4H3,(H,24,25). The topological polar surface area (TPSA) is 66.0 Å². The molecule has 6 nitrogen and oxygen atoms in total. The highest BCUT2D eigenvalue weighted by Crippen LogP contribution is 2.38. The van der Waals surface area contributed by atoms with Gasteiger partial charge in [-0.2, -0.15) is 0 Å². The minimum Gasteiger partial charge on any atom is -0.493 e. The van der Waals surface area contributed by atoms with Crippen LogP contribution < -0.4 is 24.3 Å². The van der Waals surface area contributed by atoms with Crippen LogP contribution in [0.1, 0.15) is 49.2 Å². The lowest BCUT2D eigenvalue weighted by molar-refractivity contribution is 0.0939. The summed E-state index contributed by atoms with van der Waals surface area (Å²) in [5, 5.41) is 3.34. The van der Waals surface area contributed by atoms with Crippen LogP contribution in [0.15, 0.2) is 30.3 Å². The molecule has 0 saturated carbocycles. The summed E-state index contributed by atoms with van der Waals surface area (Å²) >= 11 is 6.30. The molecule has 0 bridgehead atoms. The van der Waals surface area contributed by atoms with Gasteiger partial charge >= 0.3 is 0 Å². The number of benzene rings is 2. The minimum absolute atomic E-state index is 0.0380. The Bertz CT molecular complexity index is 884. The molecule has 0 aliphatic carbocycles. The van der Waals surface area contributed by atoms with Gasteiger partial charge in [0, 0.05) is 12.0 Å². The van der Waals surface area contributed by atoms with Gasteiger partial charge in [-0.1, -0.05) is 17.7 Å². The number of ether oxygens (including phenoxy) is 4. The molecular weight excluding hydrogens is 394 g/mol. The molecule has 0 saturated heterocycles. The largest absolute Gasteiger partial charge is 0.493 e. The van der Waals surface area contributed by atoms with E-state index >= 15 is 0 Å². The fourth-order valence-corrected chi connectivity index (χ4v) is 3.30. The summed E-state index contributed by atoms with van der Waals surface area (Å²) in [7, 11) is 1.59. The van der Waals surface area contributed by atoms with E-state index in [9.17, 15) is 4.79 Å². The van der Waals surface area contributed by atoms with Crippen molar-refractivity contribution in [2.75, 3.05) is 20.3 Å². The molecule has 2 aromatic carbocycles. The number of carbonyl (C=O) groups is 1. The molecule has 1 heterocycles. The summed E-state index contributed by atoms with van der Waals surface area (Å²) < 4.78 is 22.5. The third-order valence-electron chi connectivity index (χ3n) is 4.46. The SMILES string of the molecule is COc1cc(C(C)NC(=O)c2cc(Cl)c3c(c2)OCCCO3)ccc1OC(C)C. The Morgan fingerprint density at radius 2 is 1.86 bits per heavy atom. The number of carbonyl (C=O) groups excluding carboxylic acids is 1. The van der Waals surface area contributed by atoms with Gasteiger partial charge in [0.2, 0.25) is 0 Å². The summed E-state index contributed by atoms with van der Waals surface area (Å²) in [4.78, 5) is 12.8. The predicted molar refractivity (Wildman–Crippen MR) is 112 cm³/mol. The first-order chi connectivity index (χ1) is 13.9. The smallest absolute Gasteiger partial charge is 0.251 e. The van der Waals surface area contributed by atoms with Crippen molar-refractivity contribution in [2.45, 2.75) is 39.3 Å². The van der Waals surface area contributed by atoms with E-state index in [4.69, 9.17) is 30.5 Å². The molecule has 1 atom stereocenters. The highest BCUT2D eigenvalue weighted by Gasteiger charge is 2.20. The lowest BCUT2D eigenvalue weighted by Crippen LogP contribution is -2.26. The Labute approximate surface area is 176 Å². The predicted octanol–water partition coefficient (Wildman–Crippen LogP) is 4.79. The van der Waals surface area contributed by atoms with Crippen LogP contribution in [0.4, 0.5) is 0 Å². The molecule has 0 aromatic heterocycles. The monoisotopic (exact) mass is 419 g/mol. The van der Waals surface area contributed by atoms with Crippen LogP contribution in [0.3, 0.4) is 0 Å². The number of fused-ring (bicyclic) bond motifs is 1. The molecule has 0 fully saturated rings. The van der Waals surface area contributed by atoms with E-state index in [0.717, 1.165) is 12.0 Å². The summed E-state index contributed by atoms with van der Waals surface area (Å²) in [5.74, 6) is 2.01. The van der Waals surface area contributed by atoms with Crippen LogP contribution in [0.25, 0.3) is 0 Å². The molecule has 3 rings (SSSR count). The van der Waals surface area contributed by atoms with Crippen molar-refractivity contribution in [3.8, 4) is 23.0 Å². The van der Waals surface area contributed by atoms with Crippen LogP contribution >= 0.6 is 11.6 Å². The minimum atomic E-state index is -0.253. The number of methoxy groups -OCH3 is 1. The summed E-state index contributed by atoms with van der Waals surface area (Å²) in [6.07, 6.45) is 0.804. The maximum atomic E-state index is 12.8. The van der Waals surface area contributed by atoms with Gasteiger partial charge in [0.1, 0.15) is 0 Å². The maximum Gasteiger partial charge on any atom is 0.251 e. The van der Waals surface area contributed by atoms with E-state index in [1.54, 1.807) is 19.2 Å². The lowest BCUT2D eigenvalue weighted by Gasteiger charge is -2.19. The molecule has 0 radical (unpaired) electrons. The average molecular weight is 420 g/mol. The number of rotatable bonds is 6. The highest BCUT2D eigenvalue weighted by atomic mass is 35.5. The van der Waals surface area contributed by atoms with E-state index in [1.807, 2.05) is 39.0 Å². The summed E-state index contributed by atoms with van der Waals surface area (Å²) in [6.45, 7) is 6.87. The van der Waals surface area contributed by atoms with Gasteiger partial charge < -0.3 is 24.3 Å². The van der Waals surface area contributed by atoms with E-state index in [0.29, 0.717) is 46.8 Å². The maximum absolute atomic E-state index is 12.8. The zero-order valence-corrected chi connectivity index (χ0v) is 17.8. The normalized spacial score (nSPS) is 14.1. The van der Waals surface area contributed by atoms with E-state index in [2.05, 4.69) is 5.32 Å². The van der Waals surface area contributed by atoms with Crippen LogP contribution in [0.2, 0.25) is 5.02 Å². The second-order valence-corrected chi connectivity index (χ2v) is 7.52. The van der Waals surface area contributed by atoms with Gasteiger partial charge in [0.05, 0.1) is 37.5 Å². The third-order valence-corrected chi connectivity index (χ3v) is 4.74. The molecule has 1 amide bonds. The number of hydrogen-bond donors (Lipinski definition) is 1. The van der Waals surface area contributed by atoms with Crippen molar-refractivity contribution in [2.24, 2.45) is 0 Å². The van der Waals surface area contributed by atoms with Crippen molar-refractivity contribution in [1.82, 2.24) is 5.32 Å². The summed E-state index contributed by atoms with van der Waals surface area (Å²) in [5.41, 5.74) is 1.31. The van der Waals surface area contributed by atoms with Crippen LogP contribution in [-0.2, 0) is 0 Å². The second kappa shape index (κ2) is 9.27. The summed E-state index contributed by atoms with van der Waals surface area (Å²) in [6, 6.07) is 8.63. The lowest BCUT2D eigenvalue weighted by atomic mass is 10.1. The van der Waals surface area contributed by atoms with Crippen molar-refractivity contribution >= 4 is 17.5 Å². The van der Waals surface area contributed by atoms with Gasteiger partial charge in [0.15, 0.2) is 23.0 Å². The second-order valence-electron chi connectivity index (χ2n) is 7.11. The van der Waals surface area contributed by atoms with Crippen LogP contribution in [0, 0.1) is 0 Å². The van der Waals surface area contributed by atoms with Crippen molar-refractivity contribution < 1.29 is 23.7 Å². The van der Waals surface area contributed by atoms with Crippen LogP contribution in [0.5, 0.6) is 23.0 Å². The Morgan fingerprint density at radius 1 is 1.10 bits per heavy atom. The molecule has 1 unspecified atom stereocenters. The first-order valence-electron chi connectivity index (χ1n) is 9.63. The Balaban J connectivity index is 1.77. The fourth-order valence-electron chi connectivity index (χ4n) is 3.03. The first kappa shape index (κ1) is 21.1. The van der Waals surface area contributed by atoms with Gasteiger partial charge in [-0.15, -0.1) is 0 Å². The first-order valence-corrected chi connectivity index (χ1v) is 10.0. The molecule has 29 heavy (non-hydrogen) atoms. The molecule has 1 N–H and O–H groups in total. The third kappa shape index (κ3) is 5.07. The number of nitrogens with one attached hydrogen (secondary N) is 1. The molecule has 1 aliphatic heterocycles. The fraction of sp³-hybridized carbons (Fsp3) is 0.409. The van der Waals surface area contributed by atoms with Gasteiger partial charge in [-0.25, -0.2) is 0 Å². The van der Waals surface area contributed by atoms with Gasteiger partial charge in [-0.05, 0) is 50.6 Å². The number of hydrogen-bond acceptors (Lipinski definition) is 5. The van der Waals surface area contributed by atoms with Crippen molar-refractivity contribution in [3.05, 3.63) is 46.5 Å². The zero-order valence-electron chi connectivity index (χ0n) is 17.1. The van der Waals surface area contributed by atoms with Crippen molar-refractivity contribution in [3.63, 3.8) is 0 Å². The molecule has 156 valence electrons. The Kier molecular flexibility index (Phi) is 6.75. The van der Waals surface area contributed by atoms with E-state index < -0.39 is 0 Å². The zero-order chi connectivity index (χ0) is 21.0. The average Bonchev–Trinajstić information content (AvgIpc) is 2.93. The highest BCUT2D eigenvalue weighted by molar-refractivity contribution is 6.32. The quantitative estimate of drug-likeness (QED) is 0.729. The molecule has 2 aromatic rings. The molecule has 7 heteroatoms. The molecule has 0 spiro atoms. The number of halogens is 1. The van der Waals surface area contributed by atoms with Crippen molar-refractivity contribution in [1.29, 1.82) is 0 Å². The van der Waals surface area contributed by atoms with E-state index in [-0.39, 0.29) is 18.1 Å². The Hall–Kier alpha value is -2.60. The van der Waals surface area contributed by atoms with E-state index in [1.165, 1.54) is 0 Å². The molecular formula is C22H26ClNO5. The van der Waals surface area contributed by atoms with Crippen LogP contribution in [-0.4, -0.2) is 32.3 Å². The van der Waals surface area contributed by atoms with Gasteiger partial charge in [0.25, 0.3) is 5.91 Å². The number of amides is 1.